The molecule has 1 N–H and O–H groups in total. The maximum absolute atomic E-state index is 5.68. The Morgan fingerprint density at radius 1 is 1.29 bits per heavy atom. The van der Waals surface area contributed by atoms with Gasteiger partial charge in [0.2, 0.25) is 0 Å². The quantitative estimate of drug-likeness (QED) is 0.728. The van der Waals surface area contributed by atoms with Crippen LogP contribution in [-0.2, 0) is 0 Å². The summed E-state index contributed by atoms with van der Waals surface area (Å²) in [6, 6.07) is 5.55. The zero-order chi connectivity index (χ0) is 14.7. The summed E-state index contributed by atoms with van der Waals surface area (Å²) in [5.41, 5.74) is 2.02. The molecule has 6 heteroatoms. The molecule has 106 valence electrons. The molecule has 0 unspecified atom stereocenters. The highest BCUT2D eigenvalue weighted by Crippen LogP contribution is 2.32. The van der Waals surface area contributed by atoms with Gasteiger partial charge in [-0.15, -0.1) is 0 Å². The van der Waals surface area contributed by atoms with E-state index in [1.807, 2.05) is 18.2 Å². The van der Waals surface area contributed by atoms with Crippen molar-refractivity contribution in [3.8, 4) is 22.9 Å². The summed E-state index contributed by atoms with van der Waals surface area (Å²) in [4.78, 5) is 15.9. The lowest BCUT2D eigenvalue weighted by atomic mass is 10.2. The van der Waals surface area contributed by atoms with Crippen molar-refractivity contribution in [3.05, 3.63) is 43.2 Å². The lowest BCUT2D eigenvalue weighted by Crippen LogP contribution is -1.97. The van der Waals surface area contributed by atoms with E-state index in [0.717, 1.165) is 5.56 Å². The highest BCUT2D eigenvalue weighted by Gasteiger charge is 2.13. The third-order valence-corrected chi connectivity index (χ3v) is 2.93. The molecule has 0 atom stereocenters. The molecule has 1 aromatic carbocycles. The summed E-state index contributed by atoms with van der Waals surface area (Å²) >= 11 is 0. The molecule has 3 rings (SSSR count). The summed E-state index contributed by atoms with van der Waals surface area (Å²) in [5, 5.41) is 0. The number of benzene rings is 1. The molecule has 0 fully saturated rings. The second kappa shape index (κ2) is 5.62. The van der Waals surface area contributed by atoms with Crippen molar-refractivity contribution in [3.63, 3.8) is 0 Å². The number of aromatic nitrogens is 4. The van der Waals surface area contributed by atoms with Gasteiger partial charge in [-0.3, -0.25) is 0 Å². The van der Waals surface area contributed by atoms with Crippen LogP contribution < -0.4 is 9.47 Å². The number of ether oxygens (including phenoxy) is 2. The SMILES string of the molecule is C=CCOc1cc(OC)ccc1-c1nc2nccnc2[nH]1. The number of hydrogen-bond acceptors (Lipinski definition) is 5. The van der Waals surface area contributed by atoms with Crippen LogP contribution in [0.3, 0.4) is 0 Å². The molecule has 2 aromatic heterocycles. The Morgan fingerprint density at radius 2 is 2.14 bits per heavy atom. The van der Waals surface area contributed by atoms with Crippen molar-refractivity contribution in [2.75, 3.05) is 13.7 Å². The Labute approximate surface area is 121 Å². The Balaban J connectivity index is 2.08. The third-order valence-electron chi connectivity index (χ3n) is 2.93. The number of nitrogens with one attached hydrogen (secondary N) is 1. The van der Waals surface area contributed by atoms with Gasteiger partial charge in [0, 0.05) is 18.5 Å². The number of rotatable bonds is 5. The molecule has 0 aliphatic heterocycles. The molecule has 6 nitrogen and oxygen atoms in total. The highest BCUT2D eigenvalue weighted by molar-refractivity contribution is 5.75. The predicted molar refractivity (Wildman–Crippen MR) is 79.4 cm³/mol. The summed E-state index contributed by atoms with van der Waals surface area (Å²) in [6.07, 6.45) is 4.91. The Morgan fingerprint density at radius 3 is 2.90 bits per heavy atom. The van der Waals surface area contributed by atoms with Crippen molar-refractivity contribution in [2.24, 2.45) is 0 Å². The second-order valence-corrected chi connectivity index (χ2v) is 4.28. The van der Waals surface area contributed by atoms with E-state index in [9.17, 15) is 0 Å². The highest BCUT2D eigenvalue weighted by atomic mass is 16.5. The van der Waals surface area contributed by atoms with Gasteiger partial charge in [0.15, 0.2) is 11.3 Å². The predicted octanol–water partition coefficient (Wildman–Crippen LogP) is 2.59. The summed E-state index contributed by atoms with van der Waals surface area (Å²) in [5.74, 6) is 2.02. The lowest BCUT2D eigenvalue weighted by molar-refractivity contribution is 0.358. The fraction of sp³-hybridized carbons (Fsp3) is 0.133. The van der Waals surface area contributed by atoms with Crippen LogP contribution in [0.2, 0.25) is 0 Å². The number of nitrogens with zero attached hydrogens (tertiary/aromatic N) is 3. The molecule has 0 aliphatic carbocycles. The Bertz CT molecular complexity index is 749. The number of hydrogen-bond donors (Lipinski definition) is 1. The van der Waals surface area contributed by atoms with Gasteiger partial charge in [-0.05, 0) is 12.1 Å². The lowest BCUT2D eigenvalue weighted by Gasteiger charge is -2.10. The normalized spacial score (nSPS) is 10.5. The third kappa shape index (κ3) is 2.55. The summed E-state index contributed by atoms with van der Waals surface area (Å²) < 4.78 is 10.9. The van der Waals surface area contributed by atoms with Crippen LogP contribution in [0.5, 0.6) is 11.5 Å². The molecule has 0 saturated carbocycles. The van der Waals surface area contributed by atoms with Gasteiger partial charge >= 0.3 is 0 Å². The van der Waals surface area contributed by atoms with Gasteiger partial charge in [-0.2, -0.15) is 0 Å². The first-order valence-corrected chi connectivity index (χ1v) is 6.40. The van der Waals surface area contributed by atoms with Crippen molar-refractivity contribution in [1.29, 1.82) is 0 Å². The average Bonchev–Trinajstić information content (AvgIpc) is 2.96. The van der Waals surface area contributed by atoms with E-state index < -0.39 is 0 Å². The molecule has 0 saturated heterocycles. The average molecular weight is 282 g/mol. The number of H-pyrrole nitrogens is 1. The number of aromatic amines is 1. The monoisotopic (exact) mass is 282 g/mol. The maximum atomic E-state index is 5.68. The smallest absolute Gasteiger partial charge is 0.197 e. The molecule has 0 aliphatic rings. The van der Waals surface area contributed by atoms with E-state index in [2.05, 4.69) is 26.5 Å². The van der Waals surface area contributed by atoms with Gasteiger partial charge in [0.1, 0.15) is 23.9 Å². The van der Waals surface area contributed by atoms with Gasteiger partial charge < -0.3 is 14.5 Å². The van der Waals surface area contributed by atoms with Crippen molar-refractivity contribution >= 4 is 11.3 Å². The van der Waals surface area contributed by atoms with Gasteiger partial charge in [-0.1, -0.05) is 12.7 Å². The minimum Gasteiger partial charge on any atom is -0.497 e. The minimum atomic E-state index is 0.400. The standard InChI is InChI=1S/C15H14N4O2/c1-3-8-21-12-9-10(20-2)4-5-11(12)13-18-14-15(19-13)17-7-6-16-14/h3-7,9H,1,8H2,2H3,(H,16,17,18,19). The fourth-order valence-electron chi connectivity index (χ4n) is 1.97. The Hall–Kier alpha value is -2.89. The van der Waals surface area contributed by atoms with Crippen LogP contribution >= 0.6 is 0 Å². The zero-order valence-electron chi connectivity index (χ0n) is 11.5. The topological polar surface area (TPSA) is 72.9 Å². The van der Waals surface area contributed by atoms with Crippen molar-refractivity contribution in [1.82, 2.24) is 19.9 Å². The first-order valence-electron chi connectivity index (χ1n) is 6.40. The van der Waals surface area contributed by atoms with Crippen LogP contribution in [0.1, 0.15) is 0 Å². The summed E-state index contributed by atoms with van der Waals surface area (Å²) in [7, 11) is 1.61. The van der Waals surface area contributed by atoms with Crippen molar-refractivity contribution in [2.45, 2.75) is 0 Å². The largest absolute Gasteiger partial charge is 0.497 e. The zero-order valence-corrected chi connectivity index (χ0v) is 11.5. The molecule has 0 amide bonds. The van der Waals surface area contributed by atoms with Crippen LogP contribution in [-0.4, -0.2) is 33.7 Å². The molecule has 0 bridgehead atoms. The molecule has 21 heavy (non-hydrogen) atoms. The van der Waals surface area contributed by atoms with Gasteiger partial charge in [0.25, 0.3) is 0 Å². The number of imidazole rings is 1. The van der Waals surface area contributed by atoms with Gasteiger partial charge in [0.05, 0.1) is 12.7 Å². The van der Waals surface area contributed by atoms with E-state index in [-0.39, 0.29) is 0 Å². The van der Waals surface area contributed by atoms with E-state index >= 15 is 0 Å². The molecule has 0 spiro atoms. The van der Waals surface area contributed by atoms with Gasteiger partial charge in [-0.25, -0.2) is 15.0 Å². The number of methoxy groups -OCH3 is 1. The maximum Gasteiger partial charge on any atom is 0.197 e. The molecular formula is C15H14N4O2. The van der Waals surface area contributed by atoms with Crippen LogP contribution in [0.15, 0.2) is 43.2 Å². The van der Waals surface area contributed by atoms with E-state index in [1.165, 1.54) is 0 Å². The van der Waals surface area contributed by atoms with Crippen molar-refractivity contribution < 1.29 is 9.47 Å². The second-order valence-electron chi connectivity index (χ2n) is 4.28. The molecule has 3 aromatic rings. The van der Waals surface area contributed by atoms with Crippen LogP contribution in [0, 0.1) is 0 Å². The summed E-state index contributed by atoms with van der Waals surface area (Å²) in [6.45, 7) is 4.06. The molecule has 2 heterocycles. The molecular weight excluding hydrogens is 268 g/mol. The Kier molecular flexibility index (Phi) is 3.51. The van der Waals surface area contributed by atoms with E-state index in [4.69, 9.17) is 9.47 Å². The molecule has 0 radical (unpaired) electrons. The van der Waals surface area contributed by atoms with Crippen LogP contribution in [0.4, 0.5) is 0 Å². The van der Waals surface area contributed by atoms with E-state index in [0.29, 0.717) is 35.2 Å². The van der Waals surface area contributed by atoms with Crippen LogP contribution in [0.25, 0.3) is 22.7 Å². The fourth-order valence-corrected chi connectivity index (χ4v) is 1.97. The van der Waals surface area contributed by atoms with E-state index in [1.54, 1.807) is 25.6 Å². The number of fused-ring (bicyclic) bond motifs is 1. The first-order chi connectivity index (χ1) is 10.3. The minimum absolute atomic E-state index is 0.400. The first kappa shape index (κ1) is 13.1.